The summed E-state index contributed by atoms with van der Waals surface area (Å²) in [6.45, 7) is 1.68. The number of aromatic amines is 1. The number of aryl methyl sites for hydroxylation is 1. The van der Waals surface area contributed by atoms with E-state index in [2.05, 4.69) is 24.9 Å². The van der Waals surface area contributed by atoms with Gasteiger partial charge in [-0.05, 0) is 55.3 Å². The number of aliphatic hydroxyl groups is 2. The molecule has 10 nitrogen and oxygen atoms in total. The molecular weight excluding hydrogens is 489 g/mol. The van der Waals surface area contributed by atoms with E-state index in [-0.39, 0.29) is 11.6 Å². The van der Waals surface area contributed by atoms with Gasteiger partial charge >= 0.3 is 0 Å². The first-order valence-electron chi connectivity index (χ1n) is 11.3. The van der Waals surface area contributed by atoms with Crippen molar-refractivity contribution in [2.45, 2.75) is 49.4 Å². The van der Waals surface area contributed by atoms with E-state index in [0.29, 0.717) is 47.2 Å². The first-order chi connectivity index (χ1) is 17.2. The van der Waals surface area contributed by atoms with Gasteiger partial charge in [0.2, 0.25) is 5.88 Å². The van der Waals surface area contributed by atoms with E-state index in [4.69, 9.17) is 4.74 Å². The van der Waals surface area contributed by atoms with E-state index in [0.717, 1.165) is 6.07 Å². The van der Waals surface area contributed by atoms with Crippen molar-refractivity contribution in [3.8, 4) is 17.3 Å². The van der Waals surface area contributed by atoms with Gasteiger partial charge in [0.25, 0.3) is 10.0 Å². The van der Waals surface area contributed by atoms with Crippen LogP contribution < -0.4 is 9.46 Å². The number of nitrogens with one attached hydrogen (secondary N) is 2. The third-order valence-electron chi connectivity index (χ3n) is 5.94. The number of aromatic nitrogens is 4. The molecule has 2 heterocycles. The third kappa shape index (κ3) is 5.01. The van der Waals surface area contributed by atoms with Crippen LogP contribution in [0, 0.1) is 12.7 Å². The second-order valence-corrected chi connectivity index (χ2v) is 10.5. The molecule has 36 heavy (non-hydrogen) atoms. The van der Waals surface area contributed by atoms with Crippen molar-refractivity contribution in [2.75, 3.05) is 4.72 Å². The molecule has 0 aliphatic heterocycles. The molecule has 2 aromatic carbocycles. The fourth-order valence-corrected chi connectivity index (χ4v) is 5.43. The van der Waals surface area contributed by atoms with Crippen LogP contribution in [0.5, 0.6) is 5.88 Å². The van der Waals surface area contributed by atoms with Crippen LogP contribution in [-0.4, -0.2) is 57.1 Å². The Bertz CT molecular complexity index is 1500. The second-order valence-electron chi connectivity index (χ2n) is 8.86. The lowest BCUT2D eigenvalue weighted by Gasteiger charge is -2.29. The van der Waals surface area contributed by atoms with Crippen molar-refractivity contribution >= 4 is 26.7 Å². The summed E-state index contributed by atoms with van der Waals surface area (Å²) in [7, 11) is -4.13. The highest BCUT2D eigenvalue weighted by molar-refractivity contribution is 7.92. The van der Waals surface area contributed by atoms with Gasteiger partial charge in [-0.2, -0.15) is 10.1 Å². The Balaban J connectivity index is 1.40. The summed E-state index contributed by atoms with van der Waals surface area (Å²) >= 11 is 0. The number of aliphatic hydroxyl groups excluding tert-OH is 2. The SMILES string of the molecule is Cc1ccc(F)c(S(=O)(=O)Nc2ccc(-c3nc(OC4C[C@@H](O)C[C@@H](O)C4)c4cn[nH]c4n3)cc2)c1. The summed E-state index contributed by atoms with van der Waals surface area (Å²) in [4.78, 5) is 8.55. The predicted molar refractivity (Wildman–Crippen MR) is 129 cm³/mol. The third-order valence-corrected chi connectivity index (χ3v) is 7.34. The Kier molecular flexibility index (Phi) is 6.33. The molecule has 1 fully saturated rings. The summed E-state index contributed by atoms with van der Waals surface area (Å²) < 4.78 is 47.9. The number of anilines is 1. The Labute approximate surface area is 206 Å². The van der Waals surface area contributed by atoms with Gasteiger partial charge < -0.3 is 14.9 Å². The zero-order chi connectivity index (χ0) is 25.4. The van der Waals surface area contributed by atoms with E-state index in [9.17, 15) is 23.0 Å². The van der Waals surface area contributed by atoms with Gasteiger partial charge in [0.1, 0.15) is 22.2 Å². The molecule has 1 unspecified atom stereocenters. The van der Waals surface area contributed by atoms with Gasteiger partial charge in [-0.15, -0.1) is 0 Å². The molecule has 188 valence electrons. The highest BCUT2D eigenvalue weighted by atomic mass is 32.2. The molecule has 0 saturated heterocycles. The molecular formula is C24H24FN5O5S. The number of benzene rings is 2. The molecule has 4 aromatic rings. The molecule has 1 aliphatic rings. The molecule has 1 saturated carbocycles. The Morgan fingerprint density at radius 3 is 2.50 bits per heavy atom. The van der Waals surface area contributed by atoms with Crippen LogP contribution in [0.15, 0.2) is 53.6 Å². The van der Waals surface area contributed by atoms with Crippen LogP contribution in [0.25, 0.3) is 22.4 Å². The lowest BCUT2D eigenvalue weighted by Crippen LogP contribution is -2.36. The summed E-state index contributed by atoms with van der Waals surface area (Å²) in [6, 6.07) is 10.2. The minimum absolute atomic E-state index is 0.240. The quantitative estimate of drug-likeness (QED) is 0.307. The molecule has 0 amide bonds. The van der Waals surface area contributed by atoms with E-state index >= 15 is 0 Å². The number of hydrogen-bond donors (Lipinski definition) is 4. The topological polar surface area (TPSA) is 150 Å². The Morgan fingerprint density at radius 2 is 1.78 bits per heavy atom. The number of hydrogen-bond acceptors (Lipinski definition) is 8. The number of sulfonamides is 1. The second kappa shape index (κ2) is 9.45. The molecule has 1 aliphatic carbocycles. The standard InChI is InChI=1S/C24H24FN5O5S/c1-13-2-7-20(25)21(8-13)36(33,34)30-15-5-3-14(4-6-15)22-27-23-19(12-26-29-23)24(28-22)35-18-10-16(31)9-17(32)11-18/h2-8,12,16-18,30-32H,9-11H2,1H3,(H,26,27,28,29)/t16-,17+,18?. The molecule has 0 spiro atoms. The fourth-order valence-electron chi connectivity index (χ4n) is 4.21. The zero-order valence-electron chi connectivity index (χ0n) is 19.2. The number of rotatable bonds is 6. The van der Waals surface area contributed by atoms with Crippen LogP contribution in [-0.2, 0) is 10.0 Å². The van der Waals surface area contributed by atoms with Crippen molar-refractivity contribution in [3.05, 3.63) is 60.0 Å². The summed E-state index contributed by atoms with van der Waals surface area (Å²) in [5.41, 5.74) is 1.87. The summed E-state index contributed by atoms with van der Waals surface area (Å²) in [5, 5.41) is 27.3. The van der Waals surface area contributed by atoms with Crippen LogP contribution in [0.1, 0.15) is 24.8 Å². The molecule has 0 radical (unpaired) electrons. The number of ether oxygens (including phenoxy) is 1. The summed E-state index contributed by atoms with van der Waals surface area (Å²) in [5.74, 6) is -0.274. The van der Waals surface area contributed by atoms with Crippen LogP contribution in [0.2, 0.25) is 0 Å². The average molecular weight is 514 g/mol. The average Bonchev–Trinajstić information content (AvgIpc) is 3.29. The van der Waals surface area contributed by atoms with Crippen molar-refractivity contribution in [1.82, 2.24) is 20.2 Å². The maximum Gasteiger partial charge on any atom is 0.264 e. The van der Waals surface area contributed by atoms with Gasteiger partial charge in [0.15, 0.2) is 11.5 Å². The molecule has 5 rings (SSSR count). The minimum Gasteiger partial charge on any atom is -0.474 e. The van der Waals surface area contributed by atoms with E-state index < -0.39 is 39.0 Å². The molecule has 3 atom stereocenters. The number of fused-ring (bicyclic) bond motifs is 1. The lowest BCUT2D eigenvalue weighted by molar-refractivity contribution is -0.0162. The van der Waals surface area contributed by atoms with E-state index in [1.165, 1.54) is 30.5 Å². The van der Waals surface area contributed by atoms with E-state index in [1.807, 2.05) is 0 Å². The van der Waals surface area contributed by atoms with Crippen LogP contribution >= 0.6 is 0 Å². The highest BCUT2D eigenvalue weighted by Gasteiger charge is 2.29. The molecule has 4 N–H and O–H groups in total. The smallest absolute Gasteiger partial charge is 0.264 e. The first-order valence-corrected chi connectivity index (χ1v) is 12.8. The van der Waals surface area contributed by atoms with Crippen molar-refractivity contribution in [3.63, 3.8) is 0 Å². The fraction of sp³-hybridized carbons (Fsp3) is 0.292. The largest absolute Gasteiger partial charge is 0.474 e. The zero-order valence-corrected chi connectivity index (χ0v) is 20.0. The van der Waals surface area contributed by atoms with Crippen LogP contribution in [0.3, 0.4) is 0 Å². The molecule has 2 aromatic heterocycles. The molecule has 0 bridgehead atoms. The highest BCUT2D eigenvalue weighted by Crippen LogP contribution is 2.30. The van der Waals surface area contributed by atoms with Gasteiger partial charge in [0.05, 0.1) is 18.4 Å². The maximum atomic E-state index is 14.1. The van der Waals surface area contributed by atoms with Crippen LogP contribution in [0.4, 0.5) is 10.1 Å². The van der Waals surface area contributed by atoms with Crippen molar-refractivity contribution in [2.24, 2.45) is 0 Å². The Hall–Kier alpha value is -3.61. The van der Waals surface area contributed by atoms with Gasteiger partial charge in [-0.25, -0.2) is 17.8 Å². The van der Waals surface area contributed by atoms with E-state index in [1.54, 1.807) is 19.1 Å². The molecule has 12 heteroatoms. The minimum atomic E-state index is -4.13. The van der Waals surface area contributed by atoms with Gasteiger partial charge in [-0.3, -0.25) is 9.82 Å². The predicted octanol–water partition coefficient (Wildman–Crippen LogP) is 2.92. The lowest BCUT2D eigenvalue weighted by atomic mass is 9.92. The Morgan fingerprint density at radius 1 is 1.06 bits per heavy atom. The first kappa shape index (κ1) is 24.1. The van der Waals surface area contributed by atoms with Gasteiger partial charge in [0, 0.05) is 24.1 Å². The number of halogens is 1. The number of H-pyrrole nitrogens is 1. The van der Waals surface area contributed by atoms with Crippen molar-refractivity contribution < 1.29 is 27.8 Å². The van der Waals surface area contributed by atoms with Gasteiger partial charge in [-0.1, -0.05) is 6.07 Å². The summed E-state index contributed by atoms with van der Waals surface area (Å²) in [6.07, 6.45) is 0.824. The number of nitrogens with zero attached hydrogens (tertiary/aromatic N) is 3. The normalized spacial score (nSPS) is 20.4. The maximum absolute atomic E-state index is 14.1. The monoisotopic (exact) mass is 513 g/mol. The van der Waals surface area contributed by atoms with Crippen molar-refractivity contribution in [1.29, 1.82) is 0 Å².